The van der Waals surface area contributed by atoms with Gasteiger partial charge >= 0.3 is 5.97 Å². The summed E-state index contributed by atoms with van der Waals surface area (Å²) in [5.74, 6) is 0.276. The van der Waals surface area contributed by atoms with E-state index in [-0.39, 0.29) is 0 Å². The number of aromatic nitrogens is 1. The summed E-state index contributed by atoms with van der Waals surface area (Å²) in [6.07, 6.45) is 6.56. The fourth-order valence-electron chi connectivity index (χ4n) is 2.66. The monoisotopic (exact) mass is 277 g/mol. The van der Waals surface area contributed by atoms with Crippen LogP contribution in [0.25, 0.3) is 0 Å². The summed E-state index contributed by atoms with van der Waals surface area (Å²) in [5, 5.41) is 3.32. The van der Waals surface area contributed by atoms with Crippen LogP contribution >= 0.6 is 0 Å². The molecular formula is C15H23N3O2. The third-order valence-electron chi connectivity index (χ3n) is 3.94. The molecule has 0 saturated heterocycles. The molecule has 1 heterocycles. The van der Waals surface area contributed by atoms with Crippen molar-refractivity contribution in [1.82, 2.24) is 4.98 Å². The molecule has 0 aliphatic heterocycles. The Labute approximate surface area is 119 Å². The van der Waals surface area contributed by atoms with Crippen molar-refractivity contribution < 1.29 is 9.53 Å². The highest BCUT2D eigenvalue weighted by atomic mass is 16.5. The SMILES string of the molecule is CCOC(=O)c1cc(NCC2(C)CCCC2)ncc1N. The smallest absolute Gasteiger partial charge is 0.340 e. The van der Waals surface area contributed by atoms with Crippen molar-refractivity contribution in [2.45, 2.75) is 39.5 Å². The van der Waals surface area contributed by atoms with Gasteiger partial charge in [0.15, 0.2) is 0 Å². The van der Waals surface area contributed by atoms with Crippen molar-refractivity contribution in [3.05, 3.63) is 17.8 Å². The van der Waals surface area contributed by atoms with Crippen LogP contribution in [0.1, 0.15) is 49.9 Å². The number of anilines is 2. The normalized spacial score (nSPS) is 16.9. The predicted molar refractivity (Wildman–Crippen MR) is 79.7 cm³/mol. The van der Waals surface area contributed by atoms with Crippen LogP contribution in [0.5, 0.6) is 0 Å². The zero-order valence-electron chi connectivity index (χ0n) is 12.2. The van der Waals surface area contributed by atoms with Gasteiger partial charge in [-0.25, -0.2) is 9.78 Å². The van der Waals surface area contributed by atoms with E-state index in [1.807, 2.05) is 0 Å². The molecule has 1 aromatic heterocycles. The lowest BCUT2D eigenvalue weighted by Gasteiger charge is -2.24. The predicted octanol–water partition coefficient (Wildman–Crippen LogP) is 2.83. The zero-order valence-corrected chi connectivity index (χ0v) is 12.2. The third kappa shape index (κ3) is 3.40. The number of ether oxygens (including phenoxy) is 1. The maximum atomic E-state index is 11.8. The van der Waals surface area contributed by atoms with Crippen molar-refractivity contribution in [3.63, 3.8) is 0 Å². The van der Waals surface area contributed by atoms with E-state index in [2.05, 4.69) is 17.2 Å². The van der Waals surface area contributed by atoms with Gasteiger partial charge in [0.2, 0.25) is 0 Å². The lowest BCUT2D eigenvalue weighted by molar-refractivity contribution is 0.0527. The Morgan fingerprint density at radius 3 is 2.85 bits per heavy atom. The molecule has 1 saturated carbocycles. The fraction of sp³-hybridized carbons (Fsp3) is 0.600. The van der Waals surface area contributed by atoms with E-state index < -0.39 is 5.97 Å². The molecule has 1 aliphatic carbocycles. The number of rotatable bonds is 5. The molecule has 5 heteroatoms. The summed E-state index contributed by atoms with van der Waals surface area (Å²) in [6.45, 7) is 5.26. The molecule has 0 bridgehead atoms. The lowest BCUT2D eigenvalue weighted by atomic mass is 9.89. The first kappa shape index (κ1) is 14.6. The second-order valence-corrected chi connectivity index (χ2v) is 5.75. The van der Waals surface area contributed by atoms with Gasteiger partial charge in [0.1, 0.15) is 5.82 Å². The minimum absolute atomic E-state index is 0.327. The summed E-state index contributed by atoms with van der Waals surface area (Å²) < 4.78 is 4.99. The average molecular weight is 277 g/mol. The first-order chi connectivity index (χ1) is 9.54. The average Bonchev–Trinajstić information content (AvgIpc) is 2.85. The summed E-state index contributed by atoms with van der Waals surface area (Å²) in [4.78, 5) is 16.0. The van der Waals surface area contributed by atoms with Gasteiger partial charge in [0.25, 0.3) is 0 Å². The van der Waals surface area contributed by atoms with Gasteiger partial charge in [-0.3, -0.25) is 0 Å². The first-order valence-corrected chi connectivity index (χ1v) is 7.20. The van der Waals surface area contributed by atoms with Gasteiger partial charge in [0, 0.05) is 6.54 Å². The number of pyridine rings is 1. The molecule has 0 aromatic carbocycles. The zero-order chi connectivity index (χ0) is 14.6. The number of hydrogen-bond donors (Lipinski definition) is 2. The summed E-state index contributed by atoms with van der Waals surface area (Å²) in [6, 6.07) is 1.67. The Balaban J connectivity index is 2.05. The molecule has 20 heavy (non-hydrogen) atoms. The van der Waals surface area contributed by atoms with Gasteiger partial charge in [-0.2, -0.15) is 0 Å². The van der Waals surface area contributed by atoms with E-state index >= 15 is 0 Å². The minimum Gasteiger partial charge on any atom is -0.462 e. The Hall–Kier alpha value is -1.78. The topological polar surface area (TPSA) is 77.2 Å². The van der Waals surface area contributed by atoms with Crippen LogP contribution in [0, 0.1) is 5.41 Å². The number of nitrogens with zero attached hydrogens (tertiary/aromatic N) is 1. The van der Waals surface area contributed by atoms with Crippen molar-refractivity contribution in [3.8, 4) is 0 Å². The highest BCUT2D eigenvalue weighted by molar-refractivity contribution is 5.95. The van der Waals surface area contributed by atoms with Crippen LogP contribution in [0.4, 0.5) is 11.5 Å². The molecule has 0 spiro atoms. The van der Waals surface area contributed by atoms with E-state index in [0.29, 0.717) is 29.1 Å². The third-order valence-corrected chi connectivity index (χ3v) is 3.94. The Bertz CT molecular complexity index is 482. The number of carbonyl (C=O) groups is 1. The van der Waals surface area contributed by atoms with E-state index in [1.165, 1.54) is 31.9 Å². The van der Waals surface area contributed by atoms with Crippen LogP contribution in [-0.4, -0.2) is 24.1 Å². The molecule has 0 amide bonds. The largest absolute Gasteiger partial charge is 0.462 e. The van der Waals surface area contributed by atoms with Crippen molar-refractivity contribution >= 4 is 17.5 Å². The lowest BCUT2D eigenvalue weighted by Crippen LogP contribution is -2.23. The van der Waals surface area contributed by atoms with Crippen LogP contribution in [-0.2, 0) is 4.74 Å². The molecule has 0 unspecified atom stereocenters. The number of nitrogen functional groups attached to an aromatic ring is 1. The summed E-state index contributed by atoms with van der Waals surface area (Å²) in [5.41, 5.74) is 6.82. The van der Waals surface area contributed by atoms with Crippen LogP contribution in [0.2, 0.25) is 0 Å². The summed E-state index contributed by atoms with van der Waals surface area (Å²) in [7, 11) is 0. The van der Waals surface area contributed by atoms with E-state index in [0.717, 1.165) is 6.54 Å². The highest BCUT2D eigenvalue weighted by Crippen LogP contribution is 2.37. The molecule has 0 atom stereocenters. The number of esters is 1. The number of nitrogens with one attached hydrogen (secondary N) is 1. The molecule has 3 N–H and O–H groups in total. The van der Waals surface area contributed by atoms with Gasteiger partial charge in [0.05, 0.1) is 24.1 Å². The fourth-order valence-corrected chi connectivity index (χ4v) is 2.66. The maximum absolute atomic E-state index is 11.8. The molecular weight excluding hydrogens is 254 g/mol. The van der Waals surface area contributed by atoms with Crippen molar-refractivity contribution in [1.29, 1.82) is 0 Å². The second kappa shape index (κ2) is 6.11. The number of hydrogen-bond acceptors (Lipinski definition) is 5. The van der Waals surface area contributed by atoms with Crippen LogP contribution < -0.4 is 11.1 Å². The summed E-state index contributed by atoms with van der Waals surface area (Å²) >= 11 is 0. The minimum atomic E-state index is -0.400. The Kier molecular flexibility index (Phi) is 4.47. The Morgan fingerprint density at radius 2 is 2.20 bits per heavy atom. The molecule has 0 radical (unpaired) electrons. The van der Waals surface area contributed by atoms with Gasteiger partial charge in [-0.1, -0.05) is 19.8 Å². The van der Waals surface area contributed by atoms with Gasteiger partial charge < -0.3 is 15.8 Å². The second-order valence-electron chi connectivity index (χ2n) is 5.75. The first-order valence-electron chi connectivity index (χ1n) is 7.20. The van der Waals surface area contributed by atoms with Gasteiger partial charge in [-0.15, -0.1) is 0 Å². The molecule has 5 nitrogen and oxygen atoms in total. The van der Waals surface area contributed by atoms with E-state index in [9.17, 15) is 4.79 Å². The van der Waals surface area contributed by atoms with Crippen LogP contribution in [0.15, 0.2) is 12.3 Å². The molecule has 1 aromatic rings. The number of carbonyl (C=O) groups excluding carboxylic acids is 1. The highest BCUT2D eigenvalue weighted by Gasteiger charge is 2.28. The maximum Gasteiger partial charge on any atom is 0.340 e. The molecule has 2 rings (SSSR count). The quantitative estimate of drug-likeness (QED) is 0.809. The van der Waals surface area contributed by atoms with Crippen molar-refractivity contribution in [2.24, 2.45) is 5.41 Å². The van der Waals surface area contributed by atoms with Gasteiger partial charge in [-0.05, 0) is 31.2 Å². The van der Waals surface area contributed by atoms with Crippen LogP contribution in [0.3, 0.4) is 0 Å². The molecule has 1 aliphatic rings. The number of nitrogens with two attached hydrogens (primary N) is 1. The van der Waals surface area contributed by atoms with Crippen molar-refractivity contribution in [2.75, 3.05) is 24.2 Å². The van der Waals surface area contributed by atoms with E-state index in [1.54, 1.807) is 13.0 Å². The molecule has 1 fully saturated rings. The standard InChI is InChI=1S/C15H23N3O2/c1-3-20-14(19)11-8-13(17-9-12(11)16)18-10-15(2)6-4-5-7-15/h8-9H,3-7,10,16H2,1-2H3,(H,17,18). The Morgan fingerprint density at radius 1 is 1.50 bits per heavy atom. The molecule has 110 valence electrons. The van der Waals surface area contributed by atoms with E-state index in [4.69, 9.17) is 10.5 Å².